The molecule has 2 nitrogen and oxygen atoms in total. The minimum absolute atomic E-state index is 0.178. The van der Waals surface area contributed by atoms with Crippen molar-refractivity contribution in [2.24, 2.45) is 5.92 Å². The molecule has 0 spiro atoms. The van der Waals surface area contributed by atoms with E-state index in [1.54, 1.807) is 0 Å². The molecule has 2 atom stereocenters. The lowest BCUT2D eigenvalue weighted by atomic mass is 9.90. The van der Waals surface area contributed by atoms with E-state index in [0.29, 0.717) is 11.7 Å². The minimum atomic E-state index is 0.178. The van der Waals surface area contributed by atoms with Gasteiger partial charge in [0.05, 0.1) is 6.61 Å². The van der Waals surface area contributed by atoms with Gasteiger partial charge in [0.15, 0.2) is 0 Å². The highest BCUT2D eigenvalue weighted by atomic mass is 16.5. The monoisotopic (exact) mass is 232 g/mol. The Morgan fingerprint density at radius 1 is 1.29 bits per heavy atom. The van der Waals surface area contributed by atoms with Crippen molar-refractivity contribution in [3.63, 3.8) is 0 Å². The second kappa shape index (κ2) is 5.35. The van der Waals surface area contributed by atoms with Crippen LogP contribution in [0.15, 0.2) is 24.3 Å². The van der Waals surface area contributed by atoms with Crippen LogP contribution in [0.3, 0.4) is 0 Å². The lowest BCUT2D eigenvalue weighted by molar-refractivity contribution is -0.120. The molecule has 0 saturated heterocycles. The predicted octanol–water partition coefficient (Wildman–Crippen LogP) is 3.56. The molecule has 92 valence electrons. The molecule has 17 heavy (non-hydrogen) atoms. The fraction of sp³-hybridized carbons (Fsp3) is 0.533. The summed E-state index contributed by atoms with van der Waals surface area (Å²) in [7, 11) is 0. The number of hydrogen-bond acceptors (Lipinski definition) is 2. The average molecular weight is 232 g/mol. The molecule has 1 aliphatic rings. The van der Waals surface area contributed by atoms with Gasteiger partial charge in [-0.25, -0.2) is 0 Å². The first-order valence-electron chi connectivity index (χ1n) is 6.48. The van der Waals surface area contributed by atoms with Crippen molar-refractivity contribution in [1.82, 2.24) is 0 Å². The first-order chi connectivity index (χ1) is 8.22. The third-order valence-electron chi connectivity index (χ3n) is 3.59. The topological polar surface area (TPSA) is 26.3 Å². The molecule has 0 aromatic heterocycles. The Morgan fingerprint density at radius 3 is 2.53 bits per heavy atom. The predicted molar refractivity (Wildman–Crippen MR) is 68.4 cm³/mol. The molecule has 2 rings (SSSR count). The summed E-state index contributed by atoms with van der Waals surface area (Å²) in [4.78, 5) is 11.5. The number of ether oxygens (including phenoxy) is 1. The first-order valence-corrected chi connectivity index (χ1v) is 6.48. The highest BCUT2D eigenvalue weighted by Crippen LogP contribution is 2.37. The lowest BCUT2D eigenvalue weighted by Gasteiger charge is -2.15. The van der Waals surface area contributed by atoms with Crippen molar-refractivity contribution in [1.29, 1.82) is 0 Å². The molecule has 0 radical (unpaired) electrons. The summed E-state index contributed by atoms with van der Waals surface area (Å²) in [5.74, 6) is 1.91. The number of carbonyl (C=O) groups excluding carboxylic acids is 1. The molecule has 1 aliphatic carbocycles. The Balaban J connectivity index is 2.05. The average Bonchev–Trinajstić information content (AvgIpc) is 2.68. The molecule has 0 bridgehead atoms. The molecule has 1 aromatic carbocycles. The highest BCUT2D eigenvalue weighted by Gasteiger charge is 2.31. The molecule has 1 saturated carbocycles. The fourth-order valence-electron chi connectivity index (χ4n) is 2.49. The van der Waals surface area contributed by atoms with E-state index >= 15 is 0 Å². The van der Waals surface area contributed by atoms with Gasteiger partial charge >= 0.3 is 0 Å². The zero-order valence-electron chi connectivity index (χ0n) is 10.6. The fourth-order valence-corrected chi connectivity index (χ4v) is 2.49. The number of Topliss-reactive ketones (excluding diaryl/α,β-unsaturated/α-hetero) is 1. The van der Waals surface area contributed by atoms with E-state index < -0.39 is 0 Å². The van der Waals surface area contributed by atoms with E-state index in [1.807, 2.05) is 19.1 Å². The van der Waals surface area contributed by atoms with E-state index in [2.05, 4.69) is 19.1 Å². The Labute approximate surface area is 103 Å². The van der Waals surface area contributed by atoms with Crippen molar-refractivity contribution in [2.45, 2.75) is 39.0 Å². The molecule has 0 aliphatic heterocycles. The number of rotatable bonds is 4. The number of benzene rings is 1. The third kappa shape index (κ3) is 2.68. The van der Waals surface area contributed by atoms with Gasteiger partial charge < -0.3 is 4.74 Å². The Bertz CT molecular complexity index is 380. The van der Waals surface area contributed by atoms with Gasteiger partial charge in [-0.3, -0.25) is 4.79 Å². The van der Waals surface area contributed by atoms with Crippen LogP contribution in [0.2, 0.25) is 0 Å². The summed E-state index contributed by atoms with van der Waals surface area (Å²) in [6.07, 6.45) is 2.75. The first kappa shape index (κ1) is 12.2. The van der Waals surface area contributed by atoms with Gasteiger partial charge in [-0.05, 0) is 36.5 Å². The van der Waals surface area contributed by atoms with Crippen molar-refractivity contribution < 1.29 is 9.53 Å². The Kier molecular flexibility index (Phi) is 3.82. The summed E-state index contributed by atoms with van der Waals surface area (Å²) < 4.78 is 5.55. The van der Waals surface area contributed by atoms with Crippen LogP contribution in [0, 0.1) is 5.92 Å². The number of carbonyl (C=O) groups is 1. The van der Waals surface area contributed by atoms with Gasteiger partial charge in [-0.15, -0.1) is 0 Å². The Hall–Kier alpha value is -1.31. The largest absolute Gasteiger partial charge is 0.494 e. The number of ketones is 1. The van der Waals surface area contributed by atoms with Crippen LogP contribution in [-0.2, 0) is 4.79 Å². The summed E-state index contributed by atoms with van der Waals surface area (Å²) in [6, 6.07) is 8.23. The van der Waals surface area contributed by atoms with Gasteiger partial charge in [-0.1, -0.05) is 26.0 Å². The summed E-state index contributed by atoms with van der Waals surface area (Å²) in [5, 5.41) is 0. The van der Waals surface area contributed by atoms with Gasteiger partial charge in [0.1, 0.15) is 11.5 Å². The van der Waals surface area contributed by atoms with Gasteiger partial charge in [-0.2, -0.15) is 0 Å². The van der Waals surface area contributed by atoms with E-state index in [-0.39, 0.29) is 5.92 Å². The summed E-state index contributed by atoms with van der Waals surface area (Å²) in [6.45, 7) is 4.90. The zero-order chi connectivity index (χ0) is 12.3. The van der Waals surface area contributed by atoms with E-state index in [9.17, 15) is 4.79 Å². The van der Waals surface area contributed by atoms with E-state index in [4.69, 9.17) is 4.74 Å². The molecule has 0 amide bonds. The maximum atomic E-state index is 11.5. The second-order valence-electron chi connectivity index (χ2n) is 4.82. The van der Waals surface area contributed by atoms with Crippen molar-refractivity contribution >= 4 is 5.78 Å². The smallest absolute Gasteiger partial charge is 0.136 e. The van der Waals surface area contributed by atoms with Crippen LogP contribution < -0.4 is 4.74 Å². The van der Waals surface area contributed by atoms with Crippen LogP contribution in [-0.4, -0.2) is 12.4 Å². The summed E-state index contributed by atoms with van der Waals surface area (Å²) >= 11 is 0. The van der Waals surface area contributed by atoms with Crippen LogP contribution in [0.5, 0.6) is 5.75 Å². The van der Waals surface area contributed by atoms with E-state index in [1.165, 1.54) is 5.56 Å². The van der Waals surface area contributed by atoms with Gasteiger partial charge in [0.25, 0.3) is 0 Å². The molecule has 1 fully saturated rings. The molecular weight excluding hydrogens is 212 g/mol. The molecular formula is C15H20O2. The Morgan fingerprint density at radius 2 is 2.00 bits per heavy atom. The van der Waals surface area contributed by atoms with Crippen LogP contribution in [0.4, 0.5) is 0 Å². The van der Waals surface area contributed by atoms with Gasteiger partial charge in [0, 0.05) is 12.3 Å². The second-order valence-corrected chi connectivity index (χ2v) is 4.82. The lowest BCUT2D eigenvalue weighted by Crippen LogP contribution is -2.08. The van der Waals surface area contributed by atoms with Crippen molar-refractivity contribution in [3.8, 4) is 5.75 Å². The molecule has 0 N–H and O–H groups in total. The molecule has 0 heterocycles. The quantitative estimate of drug-likeness (QED) is 0.793. The maximum absolute atomic E-state index is 11.5. The van der Waals surface area contributed by atoms with Crippen LogP contribution in [0.1, 0.15) is 44.6 Å². The molecule has 1 aromatic rings. The highest BCUT2D eigenvalue weighted by molar-refractivity contribution is 5.84. The molecule has 2 heteroatoms. The minimum Gasteiger partial charge on any atom is -0.494 e. The third-order valence-corrected chi connectivity index (χ3v) is 3.59. The van der Waals surface area contributed by atoms with Gasteiger partial charge in [0.2, 0.25) is 0 Å². The standard InChI is InChI=1S/C15H20O2/c1-3-10-17-13-6-4-12(5-7-13)14-8-9-15(16)11(14)2/h4-7,11,14H,3,8-10H2,1-2H3. The van der Waals surface area contributed by atoms with Crippen molar-refractivity contribution in [3.05, 3.63) is 29.8 Å². The van der Waals surface area contributed by atoms with Crippen LogP contribution >= 0.6 is 0 Å². The normalized spacial score (nSPS) is 24.0. The maximum Gasteiger partial charge on any atom is 0.136 e. The SMILES string of the molecule is CCCOc1ccc(C2CCC(=O)C2C)cc1. The van der Waals surface area contributed by atoms with E-state index in [0.717, 1.165) is 31.6 Å². The van der Waals surface area contributed by atoms with Crippen molar-refractivity contribution in [2.75, 3.05) is 6.61 Å². The molecule has 2 unspecified atom stereocenters. The van der Waals surface area contributed by atoms with Crippen LogP contribution in [0.25, 0.3) is 0 Å². The number of hydrogen-bond donors (Lipinski definition) is 0. The summed E-state index contributed by atoms with van der Waals surface area (Å²) in [5.41, 5.74) is 1.27. The zero-order valence-corrected chi connectivity index (χ0v) is 10.6.